The molecule has 0 bridgehead atoms. The zero-order valence-corrected chi connectivity index (χ0v) is 11.7. The molecule has 0 unspecified atom stereocenters. The van der Waals surface area contributed by atoms with Crippen LogP contribution in [0.5, 0.6) is 0 Å². The SMILES string of the molecule is CC(C)Nc1ccc(-c2ccc3ccccc3c2)nn1. The number of anilines is 1. The van der Waals surface area contributed by atoms with Gasteiger partial charge in [0.1, 0.15) is 5.82 Å². The van der Waals surface area contributed by atoms with Gasteiger partial charge in [-0.05, 0) is 42.8 Å². The van der Waals surface area contributed by atoms with E-state index in [0.717, 1.165) is 17.1 Å². The molecule has 3 aromatic rings. The molecule has 0 atom stereocenters. The first-order valence-corrected chi connectivity index (χ1v) is 6.82. The van der Waals surface area contributed by atoms with Gasteiger partial charge in [-0.2, -0.15) is 0 Å². The molecule has 0 fully saturated rings. The average molecular weight is 263 g/mol. The van der Waals surface area contributed by atoms with Crippen molar-refractivity contribution in [1.82, 2.24) is 10.2 Å². The van der Waals surface area contributed by atoms with E-state index in [1.807, 2.05) is 24.3 Å². The van der Waals surface area contributed by atoms with Gasteiger partial charge < -0.3 is 5.32 Å². The largest absolute Gasteiger partial charge is 0.366 e. The number of nitrogens with one attached hydrogen (secondary N) is 1. The Bertz CT molecular complexity index is 718. The Morgan fingerprint density at radius 1 is 0.850 bits per heavy atom. The first-order valence-electron chi connectivity index (χ1n) is 6.82. The van der Waals surface area contributed by atoms with Crippen LogP contribution in [0.1, 0.15) is 13.8 Å². The van der Waals surface area contributed by atoms with Crippen LogP contribution in [0.3, 0.4) is 0 Å². The summed E-state index contributed by atoms with van der Waals surface area (Å²) in [7, 11) is 0. The van der Waals surface area contributed by atoms with Gasteiger partial charge in [-0.25, -0.2) is 0 Å². The van der Waals surface area contributed by atoms with Crippen LogP contribution in [0.4, 0.5) is 5.82 Å². The Labute approximate surface area is 118 Å². The smallest absolute Gasteiger partial charge is 0.148 e. The molecule has 0 spiro atoms. The molecule has 100 valence electrons. The molecule has 1 aromatic heterocycles. The minimum absolute atomic E-state index is 0.357. The third kappa shape index (κ3) is 2.62. The van der Waals surface area contributed by atoms with E-state index in [9.17, 15) is 0 Å². The molecule has 3 rings (SSSR count). The number of benzene rings is 2. The summed E-state index contributed by atoms with van der Waals surface area (Å²) in [5, 5.41) is 14.2. The van der Waals surface area contributed by atoms with E-state index in [4.69, 9.17) is 0 Å². The molecule has 0 radical (unpaired) electrons. The Balaban J connectivity index is 1.94. The van der Waals surface area contributed by atoms with E-state index < -0.39 is 0 Å². The predicted octanol–water partition coefficient (Wildman–Crippen LogP) is 4.12. The molecule has 0 aliphatic heterocycles. The van der Waals surface area contributed by atoms with Crippen LogP contribution in [-0.2, 0) is 0 Å². The fourth-order valence-electron chi connectivity index (χ4n) is 2.21. The minimum Gasteiger partial charge on any atom is -0.366 e. The summed E-state index contributed by atoms with van der Waals surface area (Å²) in [4.78, 5) is 0. The molecule has 2 aromatic carbocycles. The molecular weight excluding hydrogens is 246 g/mol. The van der Waals surface area contributed by atoms with Crippen LogP contribution in [0.2, 0.25) is 0 Å². The first kappa shape index (κ1) is 12.6. The van der Waals surface area contributed by atoms with Crippen LogP contribution in [0, 0.1) is 0 Å². The van der Waals surface area contributed by atoms with Crippen molar-refractivity contribution in [1.29, 1.82) is 0 Å². The van der Waals surface area contributed by atoms with Crippen molar-refractivity contribution in [2.75, 3.05) is 5.32 Å². The first-order chi connectivity index (χ1) is 9.72. The third-order valence-electron chi connectivity index (χ3n) is 3.15. The minimum atomic E-state index is 0.357. The Hall–Kier alpha value is -2.42. The summed E-state index contributed by atoms with van der Waals surface area (Å²) in [5.41, 5.74) is 1.98. The van der Waals surface area contributed by atoms with E-state index in [-0.39, 0.29) is 0 Å². The van der Waals surface area contributed by atoms with Crippen LogP contribution < -0.4 is 5.32 Å². The maximum absolute atomic E-state index is 4.30. The standard InChI is InChI=1S/C17H17N3/c1-12(2)18-17-10-9-16(19-20-17)15-8-7-13-5-3-4-6-14(13)11-15/h3-12H,1-2H3,(H,18,20). The fourth-order valence-corrected chi connectivity index (χ4v) is 2.21. The number of hydrogen-bond donors (Lipinski definition) is 1. The lowest BCUT2D eigenvalue weighted by Crippen LogP contribution is -2.11. The molecule has 3 heteroatoms. The lowest BCUT2D eigenvalue weighted by atomic mass is 10.1. The lowest BCUT2D eigenvalue weighted by Gasteiger charge is -2.08. The van der Waals surface area contributed by atoms with Crippen molar-refractivity contribution in [3.05, 3.63) is 54.6 Å². The van der Waals surface area contributed by atoms with Crippen LogP contribution >= 0.6 is 0 Å². The van der Waals surface area contributed by atoms with E-state index in [2.05, 4.69) is 59.7 Å². The Kier molecular flexibility index (Phi) is 3.33. The Morgan fingerprint density at radius 3 is 2.35 bits per heavy atom. The highest BCUT2D eigenvalue weighted by Crippen LogP contribution is 2.23. The van der Waals surface area contributed by atoms with Crippen molar-refractivity contribution in [2.24, 2.45) is 0 Å². The highest BCUT2D eigenvalue weighted by Gasteiger charge is 2.03. The molecule has 1 heterocycles. The monoisotopic (exact) mass is 263 g/mol. The van der Waals surface area contributed by atoms with Gasteiger partial charge in [-0.1, -0.05) is 36.4 Å². The molecule has 1 N–H and O–H groups in total. The molecule has 0 saturated heterocycles. The van der Waals surface area contributed by atoms with E-state index in [1.165, 1.54) is 10.8 Å². The molecule has 3 nitrogen and oxygen atoms in total. The number of hydrogen-bond acceptors (Lipinski definition) is 3. The number of aromatic nitrogens is 2. The number of rotatable bonds is 3. The van der Waals surface area contributed by atoms with Crippen LogP contribution in [-0.4, -0.2) is 16.2 Å². The second-order valence-electron chi connectivity index (χ2n) is 5.16. The molecular formula is C17H17N3. The maximum atomic E-state index is 4.30. The second kappa shape index (κ2) is 5.29. The summed E-state index contributed by atoms with van der Waals surface area (Å²) in [5.74, 6) is 0.810. The predicted molar refractivity (Wildman–Crippen MR) is 83.7 cm³/mol. The Morgan fingerprint density at radius 2 is 1.65 bits per heavy atom. The molecule has 0 saturated carbocycles. The van der Waals surface area contributed by atoms with Crippen molar-refractivity contribution in [3.8, 4) is 11.3 Å². The van der Waals surface area contributed by atoms with Gasteiger partial charge in [-0.3, -0.25) is 0 Å². The second-order valence-corrected chi connectivity index (χ2v) is 5.16. The zero-order valence-electron chi connectivity index (χ0n) is 11.7. The maximum Gasteiger partial charge on any atom is 0.148 e. The van der Waals surface area contributed by atoms with E-state index >= 15 is 0 Å². The van der Waals surface area contributed by atoms with Crippen LogP contribution in [0.25, 0.3) is 22.0 Å². The van der Waals surface area contributed by atoms with Gasteiger partial charge in [0.05, 0.1) is 5.69 Å². The van der Waals surface area contributed by atoms with Crippen molar-refractivity contribution in [3.63, 3.8) is 0 Å². The average Bonchev–Trinajstić information content (AvgIpc) is 2.47. The van der Waals surface area contributed by atoms with Gasteiger partial charge in [0.2, 0.25) is 0 Å². The fraction of sp³-hybridized carbons (Fsp3) is 0.176. The topological polar surface area (TPSA) is 37.8 Å². The summed E-state index contributed by atoms with van der Waals surface area (Å²) < 4.78 is 0. The van der Waals surface area contributed by atoms with Crippen molar-refractivity contribution < 1.29 is 0 Å². The van der Waals surface area contributed by atoms with Gasteiger partial charge in [-0.15, -0.1) is 10.2 Å². The number of fused-ring (bicyclic) bond motifs is 1. The summed E-state index contributed by atoms with van der Waals surface area (Å²) >= 11 is 0. The zero-order chi connectivity index (χ0) is 13.9. The van der Waals surface area contributed by atoms with Crippen LogP contribution in [0.15, 0.2) is 54.6 Å². The molecule has 0 aliphatic rings. The van der Waals surface area contributed by atoms with Gasteiger partial charge in [0, 0.05) is 11.6 Å². The molecule has 20 heavy (non-hydrogen) atoms. The highest BCUT2D eigenvalue weighted by molar-refractivity contribution is 5.86. The lowest BCUT2D eigenvalue weighted by molar-refractivity contribution is 0.874. The van der Waals surface area contributed by atoms with Crippen molar-refractivity contribution in [2.45, 2.75) is 19.9 Å². The van der Waals surface area contributed by atoms with Crippen molar-refractivity contribution >= 4 is 16.6 Å². The third-order valence-corrected chi connectivity index (χ3v) is 3.15. The molecule has 0 aliphatic carbocycles. The van der Waals surface area contributed by atoms with E-state index in [1.54, 1.807) is 0 Å². The summed E-state index contributed by atoms with van der Waals surface area (Å²) in [6.07, 6.45) is 0. The summed E-state index contributed by atoms with van der Waals surface area (Å²) in [6.45, 7) is 4.16. The number of nitrogens with zero attached hydrogens (tertiary/aromatic N) is 2. The summed E-state index contributed by atoms with van der Waals surface area (Å²) in [6, 6.07) is 19.0. The van der Waals surface area contributed by atoms with Gasteiger partial charge in [0.25, 0.3) is 0 Å². The highest BCUT2D eigenvalue weighted by atomic mass is 15.2. The molecule has 0 amide bonds. The van der Waals surface area contributed by atoms with Gasteiger partial charge in [0.15, 0.2) is 0 Å². The normalized spacial score (nSPS) is 10.9. The van der Waals surface area contributed by atoms with Gasteiger partial charge >= 0.3 is 0 Å². The quantitative estimate of drug-likeness (QED) is 0.772. The van der Waals surface area contributed by atoms with E-state index in [0.29, 0.717) is 6.04 Å².